The van der Waals surface area contributed by atoms with Gasteiger partial charge >= 0.3 is 0 Å². The Kier molecular flexibility index (Phi) is 8.86. The highest BCUT2D eigenvalue weighted by Crippen LogP contribution is 2.41. The summed E-state index contributed by atoms with van der Waals surface area (Å²) in [6.45, 7) is 5.72. The number of carbonyl (C=O) groups is 1. The number of anilines is 1. The number of hydrogen-bond acceptors (Lipinski definition) is 8. The van der Waals surface area contributed by atoms with Gasteiger partial charge in [0.25, 0.3) is 10.0 Å². The van der Waals surface area contributed by atoms with Crippen LogP contribution in [0.1, 0.15) is 38.8 Å². The van der Waals surface area contributed by atoms with E-state index in [1.54, 1.807) is 37.4 Å². The fraction of sp³-hybridized carbons (Fsp3) is 0.367. The highest BCUT2D eigenvalue weighted by atomic mass is 32.2. The van der Waals surface area contributed by atoms with Crippen molar-refractivity contribution in [3.63, 3.8) is 0 Å². The molecule has 11 heteroatoms. The van der Waals surface area contributed by atoms with Crippen LogP contribution in [0.4, 0.5) is 5.69 Å². The third-order valence-corrected chi connectivity index (χ3v) is 8.45. The van der Waals surface area contributed by atoms with Crippen molar-refractivity contribution in [3.8, 4) is 28.7 Å². The largest absolute Gasteiger partial charge is 0.497 e. The molecule has 0 saturated heterocycles. The minimum atomic E-state index is -4.22. The minimum Gasteiger partial charge on any atom is -0.497 e. The van der Waals surface area contributed by atoms with Gasteiger partial charge in [-0.15, -0.1) is 0 Å². The first-order valence-corrected chi connectivity index (χ1v) is 14.6. The van der Waals surface area contributed by atoms with Crippen LogP contribution in [0, 0.1) is 0 Å². The monoisotopic (exact) mass is 584 g/mol. The Morgan fingerprint density at radius 2 is 1.63 bits per heavy atom. The van der Waals surface area contributed by atoms with Gasteiger partial charge in [0.05, 0.1) is 44.6 Å². The van der Waals surface area contributed by atoms with Crippen molar-refractivity contribution in [3.05, 3.63) is 66.2 Å². The first-order chi connectivity index (χ1) is 19.5. The first kappa shape index (κ1) is 29.9. The lowest BCUT2D eigenvalue weighted by atomic mass is 9.89. The molecule has 220 valence electrons. The van der Waals surface area contributed by atoms with E-state index in [0.29, 0.717) is 41.7 Å². The molecule has 1 unspecified atom stereocenters. The molecule has 1 N–H and O–H groups in total. The predicted octanol–water partition coefficient (Wildman–Crippen LogP) is 4.73. The quantitative estimate of drug-likeness (QED) is 0.345. The number of hydrogen-bond donors (Lipinski definition) is 1. The molecule has 41 heavy (non-hydrogen) atoms. The molecule has 1 amide bonds. The smallest absolute Gasteiger partial charge is 0.264 e. The van der Waals surface area contributed by atoms with E-state index in [-0.39, 0.29) is 10.6 Å². The van der Waals surface area contributed by atoms with Crippen molar-refractivity contribution >= 4 is 21.6 Å². The van der Waals surface area contributed by atoms with Crippen molar-refractivity contribution in [1.29, 1.82) is 0 Å². The third kappa shape index (κ3) is 6.62. The van der Waals surface area contributed by atoms with Gasteiger partial charge in [-0.25, -0.2) is 8.42 Å². The third-order valence-electron chi connectivity index (χ3n) is 6.68. The zero-order valence-corrected chi connectivity index (χ0v) is 24.9. The molecule has 10 nitrogen and oxygen atoms in total. The maximum absolute atomic E-state index is 14.0. The molecule has 3 aromatic carbocycles. The van der Waals surface area contributed by atoms with Gasteiger partial charge in [0.1, 0.15) is 29.4 Å². The standard InChI is InChI=1S/C30H36N2O8S/c1-7-39-21-10-8-20(9-11-21)32(41(34,35)23-13-15-27(37-5)28(17-23)38-6)19-29(33)31-25-18-30(2,3)40-26-14-12-22(36-4)16-24(25)26/h8-17,25H,7,18-19H2,1-6H3,(H,31,33). The van der Waals surface area contributed by atoms with Gasteiger partial charge in [0.2, 0.25) is 5.91 Å². The van der Waals surface area contributed by atoms with E-state index in [1.807, 2.05) is 32.9 Å². The molecule has 1 atom stereocenters. The van der Waals surface area contributed by atoms with E-state index >= 15 is 0 Å². The second-order valence-corrected chi connectivity index (χ2v) is 11.9. The summed E-state index contributed by atoms with van der Waals surface area (Å²) in [5.74, 6) is 1.98. The molecule has 0 bridgehead atoms. The van der Waals surface area contributed by atoms with Crippen molar-refractivity contribution in [1.82, 2.24) is 5.32 Å². The molecule has 0 aromatic heterocycles. The number of methoxy groups -OCH3 is 3. The van der Waals surface area contributed by atoms with Crippen LogP contribution in [0.5, 0.6) is 28.7 Å². The second kappa shape index (κ2) is 12.2. The Labute approximate surface area is 241 Å². The molecular formula is C30H36N2O8S. The lowest BCUT2D eigenvalue weighted by molar-refractivity contribution is -0.120. The van der Waals surface area contributed by atoms with E-state index in [9.17, 15) is 13.2 Å². The molecule has 0 aliphatic carbocycles. The minimum absolute atomic E-state index is 0.0564. The SMILES string of the molecule is CCOc1ccc(N(CC(=O)NC2CC(C)(C)Oc3ccc(OC)cc32)S(=O)(=O)c2ccc(OC)c(OC)c2)cc1. The van der Waals surface area contributed by atoms with E-state index < -0.39 is 34.1 Å². The van der Waals surface area contributed by atoms with Crippen LogP contribution in [0.25, 0.3) is 0 Å². The van der Waals surface area contributed by atoms with Crippen LogP contribution in [0.15, 0.2) is 65.6 Å². The summed E-state index contributed by atoms with van der Waals surface area (Å²) in [6, 6.07) is 15.8. The van der Waals surface area contributed by atoms with Gasteiger partial charge in [-0.2, -0.15) is 0 Å². The molecule has 0 spiro atoms. The summed E-state index contributed by atoms with van der Waals surface area (Å²) >= 11 is 0. The summed E-state index contributed by atoms with van der Waals surface area (Å²) in [6.07, 6.45) is 0.477. The van der Waals surface area contributed by atoms with Crippen LogP contribution in [-0.4, -0.2) is 54.4 Å². The number of fused-ring (bicyclic) bond motifs is 1. The van der Waals surface area contributed by atoms with E-state index in [4.69, 9.17) is 23.7 Å². The summed E-state index contributed by atoms with van der Waals surface area (Å²) in [5.41, 5.74) is 0.500. The predicted molar refractivity (Wildman–Crippen MR) is 155 cm³/mol. The summed E-state index contributed by atoms with van der Waals surface area (Å²) < 4.78 is 56.7. The Morgan fingerprint density at radius 1 is 0.951 bits per heavy atom. The van der Waals surface area contributed by atoms with Crippen LogP contribution in [-0.2, 0) is 14.8 Å². The van der Waals surface area contributed by atoms with Crippen molar-refractivity contribution < 1.29 is 36.9 Å². The molecule has 1 aliphatic heterocycles. The highest BCUT2D eigenvalue weighted by Gasteiger charge is 2.36. The number of benzene rings is 3. The van der Waals surface area contributed by atoms with Crippen LogP contribution in [0.3, 0.4) is 0 Å². The van der Waals surface area contributed by atoms with Gasteiger partial charge in [-0.05, 0) is 75.4 Å². The molecular weight excluding hydrogens is 548 g/mol. The molecule has 1 aliphatic rings. The summed E-state index contributed by atoms with van der Waals surface area (Å²) in [5, 5.41) is 3.03. The number of ether oxygens (including phenoxy) is 5. The number of nitrogens with zero attached hydrogens (tertiary/aromatic N) is 1. The van der Waals surface area contributed by atoms with E-state index in [1.165, 1.54) is 32.4 Å². The number of carbonyl (C=O) groups excluding carboxylic acids is 1. The Balaban J connectivity index is 1.69. The average molecular weight is 585 g/mol. The molecule has 0 saturated carbocycles. The van der Waals surface area contributed by atoms with Gasteiger partial charge in [-0.3, -0.25) is 9.10 Å². The van der Waals surface area contributed by atoms with Crippen LogP contribution in [0.2, 0.25) is 0 Å². The fourth-order valence-corrected chi connectivity index (χ4v) is 6.19. The first-order valence-electron chi connectivity index (χ1n) is 13.1. The van der Waals surface area contributed by atoms with Gasteiger partial charge < -0.3 is 29.0 Å². The zero-order valence-electron chi connectivity index (χ0n) is 24.1. The summed E-state index contributed by atoms with van der Waals surface area (Å²) in [4.78, 5) is 13.5. The van der Waals surface area contributed by atoms with Gasteiger partial charge in [0.15, 0.2) is 11.5 Å². The van der Waals surface area contributed by atoms with E-state index in [2.05, 4.69) is 5.32 Å². The van der Waals surface area contributed by atoms with Crippen molar-refractivity contribution in [2.24, 2.45) is 0 Å². The summed E-state index contributed by atoms with van der Waals surface area (Å²) in [7, 11) is 0.242. The number of sulfonamides is 1. The lowest BCUT2D eigenvalue weighted by Gasteiger charge is -2.38. The Morgan fingerprint density at radius 3 is 2.27 bits per heavy atom. The molecule has 0 radical (unpaired) electrons. The second-order valence-electron chi connectivity index (χ2n) is 10.0. The Hall–Kier alpha value is -4.12. The fourth-order valence-electron chi connectivity index (χ4n) is 4.75. The Bertz CT molecular complexity index is 1490. The lowest BCUT2D eigenvalue weighted by Crippen LogP contribution is -2.45. The molecule has 1 heterocycles. The maximum atomic E-state index is 14.0. The molecule has 3 aromatic rings. The van der Waals surface area contributed by atoms with E-state index in [0.717, 1.165) is 9.87 Å². The highest BCUT2D eigenvalue weighted by molar-refractivity contribution is 7.92. The maximum Gasteiger partial charge on any atom is 0.264 e. The zero-order chi connectivity index (χ0) is 29.8. The van der Waals surface area contributed by atoms with Gasteiger partial charge in [0, 0.05) is 18.1 Å². The normalized spacial score (nSPS) is 15.6. The van der Waals surface area contributed by atoms with Crippen molar-refractivity contribution in [2.75, 3.05) is 38.8 Å². The molecule has 4 rings (SSSR count). The van der Waals surface area contributed by atoms with Crippen molar-refractivity contribution in [2.45, 2.75) is 43.7 Å². The van der Waals surface area contributed by atoms with Crippen LogP contribution < -0.4 is 33.3 Å². The average Bonchev–Trinajstić information content (AvgIpc) is 2.95. The van der Waals surface area contributed by atoms with Gasteiger partial charge in [-0.1, -0.05) is 0 Å². The molecule has 0 fully saturated rings. The topological polar surface area (TPSA) is 113 Å². The number of nitrogens with one attached hydrogen (secondary N) is 1. The number of rotatable bonds is 11. The number of amides is 1. The van der Waals surface area contributed by atoms with Crippen LogP contribution >= 0.6 is 0 Å².